The highest BCUT2D eigenvalue weighted by Crippen LogP contribution is 2.21. The average Bonchev–Trinajstić information content (AvgIpc) is 2.56. The molecule has 0 saturated carbocycles. The van der Waals surface area contributed by atoms with Gasteiger partial charge in [-0.1, -0.05) is 6.92 Å². The topological polar surface area (TPSA) is 40.1 Å². The van der Waals surface area contributed by atoms with E-state index in [1.165, 1.54) is 12.2 Å². The molecule has 2 fully saturated rings. The first-order chi connectivity index (χ1) is 10.2. The lowest BCUT2D eigenvalue weighted by Gasteiger charge is -2.36. The molecule has 130 valence electrons. The highest BCUT2D eigenvalue weighted by Gasteiger charge is 2.22. The van der Waals surface area contributed by atoms with Crippen LogP contribution < -0.4 is 5.32 Å². The van der Waals surface area contributed by atoms with E-state index < -0.39 is 0 Å². The van der Waals surface area contributed by atoms with Crippen LogP contribution in [0.25, 0.3) is 0 Å². The summed E-state index contributed by atoms with van der Waals surface area (Å²) >= 11 is 2.10. The molecule has 2 aliphatic rings. The van der Waals surface area contributed by atoms with Gasteiger partial charge in [-0.25, -0.2) is 0 Å². The zero-order valence-electron chi connectivity index (χ0n) is 14.1. The molecule has 2 atom stereocenters. The summed E-state index contributed by atoms with van der Waals surface area (Å²) in [5, 5.41) is 4.31. The summed E-state index contributed by atoms with van der Waals surface area (Å²) in [7, 11) is 1.89. The minimum atomic E-state index is 0. The van der Waals surface area contributed by atoms with Gasteiger partial charge in [-0.05, 0) is 13.3 Å². The monoisotopic (exact) mass is 442 g/mol. The number of guanidine groups is 1. The SMILES string of the molecule is CCC1CN(C(=NC)NCC(C)N2CCOCC2)CCS1.I. The van der Waals surface area contributed by atoms with Gasteiger partial charge in [0.15, 0.2) is 5.96 Å². The lowest BCUT2D eigenvalue weighted by Crippen LogP contribution is -2.52. The number of thioether (sulfide) groups is 1. The van der Waals surface area contributed by atoms with E-state index in [0.717, 1.165) is 57.1 Å². The standard InChI is InChI=1S/C15H30N4OS.HI/c1-4-14-12-19(7-10-21-14)15(16-3)17-11-13(2)18-5-8-20-9-6-18;/h13-14H,4-12H2,1-3H3,(H,16,17);1H. The number of nitrogens with one attached hydrogen (secondary N) is 1. The molecule has 2 aliphatic heterocycles. The van der Waals surface area contributed by atoms with Crippen molar-refractivity contribution in [1.29, 1.82) is 0 Å². The summed E-state index contributed by atoms with van der Waals surface area (Å²) in [6, 6.07) is 0.520. The molecule has 0 aromatic carbocycles. The third-order valence-electron chi connectivity index (χ3n) is 4.33. The van der Waals surface area contributed by atoms with Gasteiger partial charge < -0.3 is 15.0 Å². The number of morpholine rings is 1. The van der Waals surface area contributed by atoms with Crippen LogP contribution in [0.4, 0.5) is 0 Å². The van der Waals surface area contributed by atoms with Crippen molar-refractivity contribution >= 4 is 41.7 Å². The van der Waals surface area contributed by atoms with Gasteiger partial charge in [-0.2, -0.15) is 11.8 Å². The van der Waals surface area contributed by atoms with Gasteiger partial charge in [-0.15, -0.1) is 24.0 Å². The van der Waals surface area contributed by atoms with Crippen LogP contribution in [0, 0.1) is 0 Å². The molecule has 0 aliphatic carbocycles. The fourth-order valence-corrected chi connectivity index (χ4v) is 4.06. The average molecular weight is 442 g/mol. The van der Waals surface area contributed by atoms with Gasteiger partial charge in [0.05, 0.1) is 13.2 Å². The first-order valence-electron chi connectivity index (χ1n) is 8.13. The fraction of sp³-hybridized carbons (Fsp3) is 0.933. The minimum Gasteiger partial charge on any atom is -0.379 e. The second kappa shape index (κ2) is 10.9. The molecule has 0 aromatic rings. The summed E-state index contributed by atoms with van der Waals surface area (Å²) in [5.41, 5.74) is 0. The molecule has 2 heterocycles. The smallest absolute Gasteiger partial charge is 0.193 e. The number of hydrogen-bond donors (Lipinski definition) is 1. The van der Waals surface area contributed by atoms with Crippen molar-refractivity contribution < 1.29 is 4.74 Å². The van der Waals surface area contributed by atoms with Gasteiger partial charge in [0.25, 0.3) is 0 Å². The van der Waals surface area contributed by atoms with Crippen molar-refractivity contribution in [2.75, 3.05) is 58.7 Å². The molecule has 0 spiro atoms. The quantitative estimate of drug-likeness (QED) is 0.408. The van der Waals surface area contributed by atoms with Crippen molar-refractivity contribution in [3.63, 3.8) is 0 Å². The van der Waals surface area contributed by atoms with E-state index in [1.54, 1.807) is 0 Å². The van der Waals surface area contributed by atoms with Gasteiger partial charge in [0.1, 0.15) is 0 Å². The fourth-order valence-electron chi connectivity index (χ4n) is 2.88. The van der Waals surface area contributed by atoms with Crippen LogP contribution in [0.1, 0.15) is 20.3 Å². The summed E-state index contributed by atoms with van der Waals surface area (Å²) in [6.45, 7) is 11.5. The summed E-state index contributed by atoms with van der Waals surface area (Å²) < 4.78 is 5.42. The summed E-state index contributed by atoms with van der Waals surface area (Å²) in [4.78, 5) is 9.38. The second-order valence-electron chi connectivity index (χ2n) is 5.77. The lowest BCUT2D eigenvalue weighted by atomic mass is 10.2. The lowest BCUT2D eigenvalue weighted by molar-refractivity contribution is 0.0210. The minimum absolute atomic E-state index is 0. The van der Waals surface area contributed by atoms with Crippen LogP contribution in [-0.2, 0) is 4.74 Å². The molecule has 2 saturated heterocycles. The highest BCUT2D eigenvalue weighted by molar-refractivity contribution is 14.0. The second-order valence-corrected chi connectivity index (χ2v) is 7.18. The number of hydrogen-bond acceptors (Lipinski definition) is 4. The van der Waals surface area contributed by atoms with Gasteiger partial charge in [-0.3, -0.25) is 9.89 Å². The van der Waals surface area contributed by atoms with E-state index in [0.29, 0.717) is 6.04 Å². The van der Waals surface area contributed by atoms with Gasteiger partial charge in [0, 0.05) is 56.8 Å². The maximum Gasteiger partial charge on any atom is 0.193 e. The molecule has 22 heavy (non-hydrogen) atoms. The van der Waals surface area contributed by atoms with E-state index >= 15 is 0 Å². The van der Waals surface area contributed by atoms with Crippen molar-refractivity contribution in [3.05, 3.63) is 0 Å². The Morgan fingerprint density at radius 1 is 1.36 bits per heavy atom. The molecule has 0 aromatic heterocycles. The molecule has 1 N–H and O–H groups in total. The summed E-state index contributed by atoms with van der Waals surface area (Å²) in [5.74, 6) is 2.27. The van der Waals surface area contributed by atoms with Crippen LogP contribution in [0.2, 0.25) is 0 Å². The molecular formula is C15H31IN4OS. The Morgan fingerprint density at radius 3 is 2.73 bits per heavy atom. The maximum atomic E-state index is 5.42. The molecule has 5 nitrogen and oxygen atoms in total. The van der Waals surface area contributed by atoms with Crippen LogP contribution in [0.5, 0.6) is 0 Å². The van der Waals surface area contributed by atoms with Crippen LogP contribution in [0.3, 0.4) is 0 Å². The Bertz CT molecular complexity index is 340. The van der Waals surface area contributed by atoms with Crippen LogP contribution in [-0.4, -0.2) is 85.8 Å². The van der Waals surface area contributed by atoms with Crippen molar-refractivity contribution in [2.24, 2.45) is 4.99 Å². The Kier molecular flexibility index (Phi) is 10.1. The van der Waals surface area contributed by atoms with E-state index in [4.69, 9.17) is 4.74 Å². The molecule has 2 rings (SSSR count). The first kappa shape index (κ1) is 20.3. The van der Waals surface area contributed by atoms with Crippen molar-refractivity contribution in [1.82, 2.24) is 15.1 Å². The Labute approximate surface area is 156 Å². The molecule has 0 amide bonds. The third-order valence-corrected chi connectivity index (χ3v) is 5.70. The number of ether oxygens (including phenoxy) is 1. The zero-order valence-corrected chi connectivity index (χ0v) is 17.2. The van der Waals surface area contributed by atoms with E-state index in [2.05, 4.69) is 45.7 Å². The van der Waals surface area contributed by atoms with Crippen LogP contribution in [0.15, 0.2) is 4.99 Å². The predicted molar refractivity (Wildman–Crippen MR) is 107 cm³/mol. The Balaban J connectivity index is 0.00000242. The number of rotatable bonds is 4. The molecule has 0 bridgehead atoms. The number of nitrogens with zero attached hydrogens (tertiary/aromatic N) is 3. The Hall–Kier alpha value is 0.270. The normalized spacial score (nSPS) is 25.5. The maximum absolute atomic E-state index is 5.42. The number of halogens is 1. The zero-order chi connectivity index (χ0) is 15.1. The largest absolute Gasteiger partial charge is 0.379 e. The molecule has 2 unspecified atom stereocenters. The Morgan fingerprint density at radius 2 is 2.09 bits per heavy atom. The van der Waals surface area contributed by atoms with Gasteiger partial charge in [0.2, 0.25) is 0 Å². The summed E-state index contributed by atoms with van der Waals surface area (Å²) in [6.07, 6.45) is 1.24. The third kappa shape index (κ3) is 6.05. The first-order valence-corrected chi connectivity index (χ1v) is 9.18. The van der Waals surface area contributed by atoms with E-state index in [9.17, 15) is 0 Å². The molecule has 0 radical (unpaired) electrons. The van der Waals surface area contributed by atoms with E-state index in [1.807, 2.05) is 7.05 Å². The number of aliphatic imine (C=N–C) groups is 1. The van der Waals surface area contributed by atoms with Crippen molar-refractivity contribution in [3.8, 4) is 0 Å². The highest BCUT2D eigenvalue weighted by atomic mass is 127. The van der Waals surface area contributed by atoms with Gasteiger partial charge >= 0.3 is 0 Å². The molecular weight excluding hydrogens is 411 g/mol. The van der Waals surface area contributed by atoms with E-state index in [-0.39, 0.29) is 24.0 Å². The predicted octanol–water partition coefficient (Wildman–Crippen LogP) is 1.73. The van der Waals surface area contributed by atoms with Crippen molar-refractivity contribution in [2.45, 2.75) is 31.6 Å². The van der Waals surface area contributed by atoms with Crippen LogP contribution >= 0.6 is 35.7 Å². The molecule has 7 heteroatoms.